The number of anilines is 3. The minimum atomic E-state index is -0.000926. The minimum Gasteiger partial charge on any atom is -0.438 e. The number of nitriles is 1. The molecule has 0 unspecified atom stereocenters. The summed E-state index contributed by atoms with van der Waals surface area (Å²) >= 11 is 0. The molecule has 3 rings (SSSR count). The van der Waals surface area contributed by atoms with Crippen LogP contribution < -0.4 is 15.8 Å². The Morgan fingerprint density at radius 3 is 2.40 bits per heavy atom. The van der Waals surface area contributed by atoms with E-state index < -0.39 is 0 Å². The van der Waals surface area contributed by atoms with Gasteiger partial charge in [-0.3, -0.25) is 4.79 Å². The first-order valence-corrected chi connectivity index (χ1v) is 9.37. The first-order chi connectivity index (χ1) is 14.4. The molecule has 0 radical (unpaired) electrons. The molecule has 0 aliphatic rings. The predicted octanol–water partition coefficient (Wildman–Crippen LogP) is 5.29. The van der Waals surface area contributed by atoms with Gasteiger partial charge in [-0.1, -0.05) is 6.08 Å². The number of rotatable bonds is 6. The van der Waals surface area contributed by atoms with E-state index in [2.05, 4.69) is 16.4 Å². The van der Waals surface area contributed by atoms with Crippen LogP contribution in [0.15, 0.2) is 54.6 Å². The highest BCUT2D eigenvalue weighted by Crippen LogP contribution is 2.32. The lowest BCUT2D eigenvalue weighted by atomic mass is 10.0. The van der Waals surface area contributed by atoms with Crippen molar-refractivity contribution in [3.63, 3.8) is 0 Å². The molecule has 0 spiro atoms. The zero-order valence-electron chi connectivity index (χ0n) is 17.1. The van der Waals surface area contributed by atoms with Gasteiger partial charge < -0.3 is 15.8 Å². The van der Waals surface area contributed by atoms with Crippen LogP contribution in [0.3, 0.4) is 0 Å². The summed E-state index contributed by atoms with van der Waals surface area (Å²) in [5, 5.41) is 12.1. The van der Waals surface area contributed by atoms with Crippen molar-refractivity contribution in [2.45, 2.75) is 20.8 Å². The molecule has 0 bridgehead atoms. The summed E-state index contributed by atoms with van der Waals surface area (Å²) < 4.78 is 6.05. The largest absolute Gasteiger partial charge is 0.438 e. The normalized spacial score (nSPS) is 10.6. The topological polar surface area (TPSA) is 101 Å². The monoisotopic (exact) mass is 398 g/mol. The molecule has 6 nitrogen and oxygen atoms in total. The van der Waals surface area contributed by atoms with Crippen LogP contribution in [0, 0.1) is 25.2 Å². The number of aryl methyl sites for hydroxylation is 2. The number of nitrogens with two attached hydrogens (primary N) is 1. The van der Waals surface area contributed by atoms with Crippen molar-refractivity contribution in [2.24, 2.45) is 0 Å². The molecule has 1 aromatic heterocycles. The zero-order chi connectivity index (χ0) is 21.7. The summed E-state index contributed by atoms with van der Waals surface area (Å²) in [5.41, 5.74) is 10.7. The molecular formula is C24H22N4O2. The third kappa shape index (κ3) is 5.03. The van der Waals surface area contributed by atoms with E-state index in [4.69, 9.17) is 15.7 Å². The van der Waals surface area contributed by atoms with Crippen molar-refractivity contribution in [2.75, 3.05) is 11.1 Å². The fourth-order valence-corrected chi connectivity index (χ4v) is 2.93. The smallest absolute Gasteiger partial charge is 0.221 e. The van der Waals surface area contributed by atoms with Gasteiger partial charge in [0.2, 0.25) is 5.88 Å². The first kappa shape index (κ1) is 20.6. The second kappa shape index (κ2) is 8.93. The summed E-state index contributed by atoms with van der Waals surface area (Å²) in [6.07, 6.45) is 3.32. The summed E-state index contributed by atoms with van der Waals surface area (Å²) in [7, 11) is 0. The van der Waals surface area contributed by atoms with E-state index in [0.717, 1.165) is 22.4 Å². The van der Waals surface area contributed by atoms with Gasteiger partial charge in [-0.2, -0.15) is 10.2 Å². The van der Waals surface area contributed by atoms with Crippen LogP contribution in [0.2, 0.25) is 0 Å². The average molecular weight is 398 g/mol. The number of ketones is 1. The number of ether oxygens (including phenoxy) is 1. The van der Waals surface area contributed by atoms with Crippen molar-refractivity contribution in [3.8, 4) is 17.7 Å². The molecule has 3 N–H and O–H groups in total. The fourth-order valence-electron chi connectivity index (χ4n) is 2.93. The Hall–Kier alpha value is -4.11. The van der Waals surface area contributed by atoms with Gasteiger partial charge in [-0.15, -0.1) is 0 Å². The number of aromatic nitrogens is 1. The third-order valence-corrected chi connectivity index (χ3v) is 4.38. The van der Waals surface area contributed by atoms with Crippen molar-refractivity contribution >= 4 is 29.1 Å². The van der Waals surface area contributed by atoms with Gasteiger partial charge in [0.25, 0.3) is 0 Å². The number of pyridine rings is 1. The van der Waals surface area contributed by atoms with Crippen LogP contribution in [-0.2, 0) is 4.79 Å². The van der Waals surface area contributed by atoms with Crippen LogP contribution in [0.25, 0.3) is 6.08 Å². The molecular weight excluding hydrogens is 376 g/mol. The molecule has 0 aliphatic heterocycles. The number of allylic oxidation sites excluding steroid dienone is 1. The lowest BCUT2D eigenvalue weighted by molar-refractivity contribution is -0.112. The summed E-state index contributed by atoms with van der Waals surface area (Å²) in [4.78, 5) is 15.7. The molecule has 30 heavy (non-hydrogen) atoms. The van der Waals surface area contributed by atoms with E-state index in [-0.39, 0.29) is 5.78 Å². The quantitative estimate of drug-likeness (QED) is 0.547. The van der Waals surface area contributed by atoms with E-state index in [1.807, 2.05) is 26.0 Å². The van der Waals surface area contributed by atoms with E-state index >= 15 is 0 Å². The minimum absolute atomic E-state index is 0.000926. The van der Waals surface area contributed by atoms with Crippen molar-refractivity contribution in [1.29, 1.82) is 5.26 Å². The third-order valence-electron chi connectivity index (χ3n) is 4.38. The number of nitrogens with zero attached hydrogens (tertiary/aromatic N) is 2. The zero-order valence-corrected chi connectivity index (χ0v) is 17.1. The molecule has 0 amide bonds. The number of hydrogen-bond acceptors (Lipinski definition) is 6. The fraction of sp³-hybridized carbons (Fsp3) is 0.125. The van der Waals surface area contributed by atoms with E-state index in [0.29, 0.717) is 28.7 Å². The Morgan fingerprint density at radius 2 is 1.80 bits per heavy atom. The number of nitrogens with one attached hydrogen (secondary N) is 1. The Labute approximate surface area is 175 Å². The summed E-state index contributed by atoms with van der Waals surface area (Å²) in [6, 6.07) is 16.4. The molecule has 150 valence electrons. The molecule has 3 aromatic rings. The van der Waals surface area contributed by atoms with Gasteiger partial charge in [-0.25, -0.2) is 0 Å². The van der Waals surface area contributed by atoms with Crippen LogP contribution >= 0.6 is 0 Å². The molecule has 0 saturated carbocycles. The number of benzene rings is 2. The van der Waals surface area contributed by atoms with Gasteiger partial charge in [0.1, 0.15) is 5.75 Å². The molecule has 2 aromatic carbocycles. The Kier molecular flexibility index (Phi) is 6.14. The second-order valence-electron chi connectivity index (χ2n) is 6.93. The second-order valence-corrected chi connectivity index (χ2v) is 6.93. The molecule has 0 aliphatic carbocycles. The predicted molar refractivity (Wildman–Crippen MR) is 119 cm³/mol. The van der Waals surface area contributed by atoms with Gasteiger partial charge in [0.05, 0.1) is 17.3 Å². The van der Waals surface area contributed by atoms with Crippen LogP contribution in [0.4, 0.5) is 17.2 Å². The number of nitrogen functional groups attached to an aromatic ring is 1. The first-order valence-electron chi connectivity index (χ1n) is 9.37. The van der Waals surface area contributed by atoms with Gasteiger partial charge in [0.15, 0.2) is 11.6 Å². The lowest BCUT2D eigenvalue weighted by Gasteiger charge is -2.14. The highest BCUT2D eigenvalue weighted by atomic mass is 16.5. The summed E-state index contributed by atoms with van der Waals surface area (Å²) in [6.45, 7) is 5.41. The average Bonchev–Trinajstić information content (AvgIpc) is 2.72. The van der Waals surface area contributed by atoms with Crippen LogP contribution in [0.5, 0.6) is 11.6 Å². The van der Waals surface area contributed by atoms with Gasteiger partial charge in [-0.05, 0) is 86.0 Å². The standard InChI is InChI=1S/C24H22N4O2/c1-15-12-19(5-4-17(3)29)13-16(2)23(15)30-22-11-10-21(26)24(28-22)27-20-8-6-18(14-25)7-9-20/h4-13H,26H2,1-3H3,(H,27,28)/b5-4+. The van der Waals surface area contributed by atoms with Gasteiger partial charge >= 0.3 is 0 Å². The highest BCUT2D eigenvalue weighted by Gasteiger charge is 2.10. The number of carbonyl (C=O) groups is 1. The molecule has 0 atom stereocenters. The Balaban J connectivity index is 1.84. The maximum atomic E-state index is 11.2. The number of carbonyl (C=O) groups excluding carboxylic acids is 1. The van der Waals surface area contributed by atoms with E-state index in [1.165, 1.54) is 13.0 Å². The maximum absolute atomic E-state index is 11.2. The SMILES string of the molecule is CC(=O)/C=C/c1cc(C)c(Oc2ccc(N)c(Nc3ccc(C#N)cc3)n2)c(C)c1. The van der Waals surface area contributed by atoms with Crippen LogP contribution in [0.1, 0.15) is 29.2 Å². The van der Waals surface area contributed by atoms with Crippen LogP contribution in [-0.4, -0.2) is 10.8 Å². The molecule has 0 saturated heterocycles. The van der Waals surface area contributed by atoms with Crippen molar-refractivity contribution < 1.29 is 9.53 Å². The number of hydrogen-bond donors (Lipinski definition) is 2. The molecule has 6 heteroatoms. The van der Waals surface area contributed by atoms with Crippen molar-refractivity contribution in [3.05, 3.63) is 76.9 Å². The molecule has 1 heterocycles. The Morgan fingerprint density at radius 1 is 1.13 bits per heavy atom. The summed E-state index contributed by atoms with van der Waals surface area (Å²) in [5.74, 6) is 1.57. The Bertz CT molecular complexity index is 1140. The lowest BCUT2D eigenvalue weighted by Crippen LogP contribution is -2.01. The van der Waals surface area contributed by atoms with E-state index in [1.54, 1.807) is 42.5 Å². The maximum Gasteiger partial charge on any atom is 0.221 e. The van der Waals surface area contributed by atoms with Crippen molar-refractivity contribution in [1.82, 2.24) is 4.98 Å². The molecule has 0 fully saturated rings. The highest BCUT2D eigenvalue weighted by molar-refractivity contribution is 5.91. The van der Waals surface area contributed by atoms with E-state index in [9.17, 15) is 4.79 Å². The van der Waals surface area contributed by atoms with Gasteiger partial charge in [0, 0.05) is 11.8 Å².